The Balaban J connectivity index is 0.00000341. The summed E-state index contributed by atoms with van der Waals surface area (Å²) in [7, 11) is 1.78. The molecule has 0 fully saturated rings. The number of benzene rings is 2. The third kappa shape index (κ3) is 9.06. The van der Waals surface area contributed by atoms with Crippen molar-refractivity contribution in [3.63, 3.8) is 0 Å². The summed E-state index contributed by atoms with van der Waals surface area (Å²) in [5.41, 5.74) is 3.57. The van der Waals surface area contributed by atoms with Gasteiger partial charge in [0.2, 0.25) is 0 Å². The molecule has 8 heteroatoms. The topological polar surface area (TPSA) is 76.4 Å². The van der Waals surface area contributed by atoms with Gasteiger partial charge in [0.25, 0.3) is 0 Å². The Morgan fingerprint density at radius 1 is 1.06 bits per heavy atom. The second-order valence-electron chi connectivity index (χ2n) is 7.33. The lowest BCUT2D eigenvalue weighted by Gasteiger charge is -2.16. The number of nitrogens with zero attached hydrogens (tertiary/aromatic N) is 4. The molecule has 0 bridgehead atoms. The predicted octanol–water partition coefficient (Wildman–Crippen LogP) is 3.46. The molecule has 0 radical (unpaired) electrons. The number of ether oxygens (including phenoxy) is 1. The number of guanidine groups is 1. The maximum Gasteiger partial charge on any atom is 0.191 e. The first-order valence-corrected chi connectivity index (χ1v) is 10.2. The van der Waals surface area contributed by atoms with Crippen molar-refractivity contribution in [1.29, 1.82) is 0 Å². The Labute approximate surface area is 201 Å². The van der Waals surface area contributed by atoms with E-state index in [9.17, 15) is 0 Å². The fourth-order valence-corrected chi connectivity index (χ4v) is 3.03. The lowest BCUT2D eigenvalue weighted by atomic mass is 10.1. The minimum atomic E-state index is 0. The Morgan fingerprint density at radius 2 is 1.84 bits per heavy atom. The van der Waals surface area contributed by atoms with E-state index in [1.165, 1.54) is 16.7 Å². The van der Waals surface area contributed by atoms with Crippen molar-refractivity contribution in [3.8, 4) is 0 Å². The van der Waals surface area contributed by atoms with Gasteiger partial charge in [-0.05, 0) is 22.6 Å². The molecule has 3 rings (SSSR count). The lowest BCUT2D eigenvalue weighted by Crippen LogP contribution is -2.39. The third-order valence-electron chi connectivity index (χ3n) is 4.62. The first-order valence-electron chi connectivity index (χ1n) is 10.2. The van der Waals surface area contributed by atoms with Crippen LogP contribution in [0.4, 0.5) is 0 Å². The highest BCUT2D eigenvalue weighted by atomic mass is 127. The SMILES string of the molecule is CN=C(NCc1cccc(Cn2cncn2)c1)NCC(C)COCc1ccccc1.I. The molecule has 7 nitrogen and oxygen atoms in total. The molecule has 3 aromatic rings. The quantitative estimate of drug-likeness (QED) is 0.237. The average molecular weight is 534 g/mol. The van der Waals surface area contributed by atoms with Crippen LogP contribution in [0.25, 0.3) is 0 Å². The summed E-state index contributed by atoms with van der Waals surface area (Å²) in [6.45, 7) is 5.71. The van der Waals surface area contributed by atoms with E-state index in [1.54, 1.807) is 19.7 Å². The molecule has 1 unspecified atom stereocenters. The van der Waals surface area contributed by atoms with Crippen LogP contribution in [0.5, 0.6) is 0 Å². The highest BCUT2D eigenvalue weighted by Crippen LogP contribution is 2.07. The van der Waals surface area contributed by atoms with Crippen molar-refractivity contribution in [3.05, 3.63) is 83.9 Å². The Morgan fingerprint density at radius 3 is 2.58 bits per heavy atom. The molecule has 0 aliphatic carbocycles. The summed E-state index contributed by atoms with van der Waals surface area (Å²) in [6.07, 6.45) is 3.27. The van der Waals surface area contributed by atoms with Gasteiger partial charge in [-0.25, -0.2) is 9.67 Å². The number of aromatic nitrogens is 3. The largest absolute Gasteiger partial charge is 0.376 e. The van der Waals surface area contributed by atoms with E-state index in [-0.39, 0.29) is 24.0 Å². The molecule has 0 spiro atoms. The van der Waals surface area contributed by atoms with Gasteiger partial charge in [-0.15, -0.1) is 24.0 Å². The van der Waals surface area contributed by atoms with Crippen molar-refractivity contribution in [2.24, 2.45) is 10.9 Å². The fraction of sp³-hybridized carbons (Fsp3) is 0.348. The second-order valence-corrected chi connectivity index (χ2v) is 7.33. The molecule has 31 heavy (non-hydrogen) atoms. The zero-order valence-corrected chi connectivity index (χ0v) is 20.4. The molecule has 0 amide bonds. The molecule has 2 aromatic carbocycles. The van der Waals surface area contributed by atoms with Gasteiger partial charge in [0.15, 0.2) is 5.96 Å². The number of aliphatic imine (C=N–C) groups is 1. The van der Waals surface area contributed by atoms with Gasteiger partial charge >= 0.3 is 0 Å². The molecule has 166 valence electrons. The number of nitrogens with one attached hydrogen (secondary N) is 2. The minimum Gasteiger partial charge on any atom is -0.376 e. The van der Waals surface area contributed by atoms with E-state index in [4.69, 9.17) is 4.74 Å². The summed E-state index contributed by atoms with van der Waals surface area (Å²) in [5.74, 6) is 1.16. The number of halogens is 1. The number of hydrogen-bond donors (Lipinski definition) is 2. The van der Waals surface area contributed by atoms with Crippen LogP contribution in [0.3, 0.4) is 0 Å². The molecule has 1 heterocycles. The second kappa shape index (κ2) is 13.8. The highest BCUT2D eigenvalue weighted by Gasteiger charge is 2.05. The van der Waals surface area contributed by atoms with Gasteiger partial charge in [-0.1, -0.05) is 61.5 Å². The first-order chi connectivity index (χ1) is 14.7. The first kappa shape index (κ1) is 24.8. The van der Waals surface area contributed by atoms with E-state index < -0.39 is 0 Å². The van der Waals surface area contributed by atoms with Crippen LogP contribution in [0.2, 0.25) is 0 Å². The Hall–Kier alpha value is -2.46. The van der Waals surface area contributed by atoms with Crippen LogP contribution in [-0.4, -0.2) is 40.9 Å². The fourth-order valence-electron chi connectivity index (χ4n) is 3.03. The monoisotopic (exact) mass is 534 g/mol. The molecule has 0 aliphatic heterocycles. The normalized spacial score (nSPS) is 12.1. The van der Waals surface area contributed by atoms with Crippen molar-refractivity contribution < 1.29 is 4.74 Å². The molecule has 0 aliphatic rings. The van der Waals surface area contributed by atoms with Crippen molar-refractivity contribution in [2.45, 2.75) is 26.6 Å². The van der Waals surface area contributed by atoms with Crippen molar-refractivity contribution >= 4 is 29.9 Å². The van der Waals surface area contributed by atoms with E-state index in [2.05, 4.69) is 69.0 Å². The molecule has 0 saturated carbocycles. The standard InChI is InChI=1S/C23H30N6O.HI/c1-19(15-30-16-20-7-4-3-5-8-20)12-26-23(24-2)27-13-21-9-6-10-22(11-21)14-29-18-25-17-28-29;/h3-11,17-19H,12-16H2,1-2H3,(H2,24,26,27);1H. The molecule has 2 N–H and O–H groups in total. The summed E-state index contributed by atoms with van der Waals surface area (Å²) in [5, 5.41) is 10.9. The van der Waals surface area contributed by atoms with Gasteiger partial charge in [0.1, 0.15) is 12.7 Å². The summed E-state index contributed by atoms with van der Waals surface area (Å²) >= 11 is 0. The smallest absolute Gasteiger partial charge is 0.191 e. The molecular weight excluding hydrogens is 503 g/mol. The van der Waals surface area contributed by atoms with Crippen LogP contribution >= 0.6 is 24.0 Å². The Kier molecular flexibility index (Phi) is 11.0. The minimum absolute atomic E-state index is 0. The van der Waals surface area contributed by atoms with Crippen molar-refractivity contribution in [1.82, 2.24) is 25.4 Å². The van der Waals surface area contributed by atoms with E-state index in [1.807, 2.05) is 22.9 Å². The maximum absolute atomic E-state index is 5.82. The summed E-state index contributed by atoms with van der Waals surface area (Å²) in [6, 6.07) is 18.7. The Bertz CT molecular complexity index is 901. The van der Waals surface area contributed by atoms with Crippen LogP contribution in [0.15, 0.2) is 72.2 Å². The van der Waals surface area contributed by atoms with Crippen LogP contribution in [-0.2, 0) is 24.4 Å². The van der Waals surface area contributed by atoms with Gasteiger partial charge in [-0.2, -0.15) is 5.10 Å². The molecule has 1 atom stereocenters. The van der Waals surface area contributed by atoms with Gasteiger partial charge < -0.3 is 15.4 Å². The van der Waals surface area contributed by atoms with E-state index >= 15 is 0 Å². The lowest BCUT2D eigenvalue weighted by molar-refractivity contribution is 0.0931. The summed E-state index contributed by atoms with van der Waals surface area (Å²) in [4.78, 5) is 8.30. The summed E-state index contributed by atoms with van der Waals surface area (Å²) < 4.78 is 7.63. The zero-order chi connectivity index (χ0) is 21.0. The highest BCUT2D eigenvalue weighted by molar-refractivity contribution is 14.0. The van der Waals surface area contributed by atoms with Gasteiger partial charge in [0, 0.05) is 20.1 Å². The average Bonchev–Trinajstić information content (AvgIpc) is 3.28. The van der Waals surface area contributed by atoms with Crippen LogP contribution in [0, 0.1) is 5.92 Å². The molecule has 1 aromatic heterocycles. The molecule has 0 saturated heterocycles. The van der Waals surface area contributed by atoms with Gasteiger partial charge in [0.05, 0.1) is 19.8 Å². The van der Waals surface area contributed by atoms with Gasteiger partial charge in [-0.3, -0.25) is 4.99 Å². The number of rotatable bonds is 10. The number of hydrogen-bond acceptors (Lipinski definition) is 4. The maximum atomic E-state index is 5.82. The van der Waals surface area contributed by atoms with E-state index in [0.717, 1.165) is 12.5 Å². The zero-order valence-electron chi connectivity index (χ0n) is 18.1. The molecular formula is C23H31IN6O. The van der Waals surface area contributed by atoms with E-state index in [0.29, 0.717) is 32.2 Å². The third-order valence-corrected chi connectivity index (χ3v) is 4.62. The predicted molar refractivity (Wildman–Crippen MR) is 134 cm³/mol. The van der Waals surface area contributed by atoms with Crippen LogP contribution < -0.4 is 10.6 Å². The van der Waals surface area contributed by atoms with Crippen LogP contribution in [0.1, 0.15) is 23.6 Å². The van der Waals surface area contributed by atoms with Crippen molar-refractivity contribution in [2.75, 3.05) is 20.2 Å².